The van der Waals surface area contributed by atoms with Gasteiger partial charge < -0.3 is 19.5 Å². The van der Waals surface area contributed by atoms with Crippen LogP contribution in [0.25, 0.3) is 10.9 Å². The van der Waals surface area contributed by atoms with E-state index in [1.807, 2.05) is 12.1 Å². The predicted molar refractivity (Wildman–Crippen MR) is 82.2 cm³/mol. The summed E-state index contributed by atoms with van der Waals surface area (Å²) in [6.45, 7) is 3.77. The van der Waals surface area contributed by atoms with E-state index in [1.54, 1.807) is 20.5 Å². The topological polar surface area (TPSA) is 67.7 Å². The van der Waals surface area contributed by atoms with E-state index in [2.05, 4.69) is 21.8 Å². The molecule has 0 bridgehead atoms. The molecule has 2 aromatic rings. The molecule has 1 heterocycles. The van der Waals surface area contributed by atoms with Crippen LogP contribution in [0.1, 0.15) is 13.3 Å². The molecule has 114 valence electrons. The number of fused-ring (bicyclic) bond motifs is 1. The van der Waals surface area contributed by atoms with E-state index in [-0.39, 0.29) is 6.61 Å². The number of aliphatic hydroxyl groups excluding tert-OH is 1. The van der Waals surface area contributed by atoms with Crippen molar-refractivity contribution in [1.82, 2.24) is 9.97 Å². The molecule has 0 aliphatic heterocycles. The number of ether oxygens (including phenoxy) is 2. The third kappa shape index (κ3) is 3.16. The minimum atomic E-state index is 0.163. The van der Waals surface area contributed by atoms with Crippen molar-refractivity contribution in [3.8, 4) is 11.5 Å². The Hall–Kier alpha value is -2.08. The van der Waals surface area contributed by atoms with E-state index in [0.29, 0.717) is 17.9 Å². The van der Waals surface area contributed by atoms with Crippen LogP contribution >= 0.6 is 0 Å². The molecule has 0 fully saturated rings. The van der Waals surface area contributed by atoms with Crippen LogP contribution in [0.2, 0.25) is 0 Å². The van der Waals surface area contributed by atoms with Gasteiger partial charge in [-0.15, -0.1) is 0 Å². The highest BCUT2D eigenvalue weighted by molar-refractivity contribution is 5.92. The molecular weight excluding hydrogens is 270 g/mol. The number of hydrogen-bond acceptors (Lipinski definition) is 6. The second-order valence-corrected chi connectivity index (χ2v) is 4.58. The molecular formula is C15H21N3O3. The average molecular weight is 291 g/mol. The van der Waals surface area contributed by atoms with Crippen molar-refractivity contribution >= 4 is 16.7 Å². The lowest BCUT2D eigenvalue weighted by Crippen LogP contribution is -2.25. The second kappa shape index (κ2) is 7.08. The van der Waals surface area contributed by atoms with Crippen molar-refractivity contribution in [2.75, 3.05) is 38.8 Å². The molecule has 6 heteroatoms. The smallest absolute Gasteiger partial charge is 0.162 e. The Labute approximate surface area is 124 Å². The zero-order chi connectivity index (χ0) is 15.2. The summed E-state index contributed by atoms with van der Waals surface area (Å²) >= 11 is 0. The lowest BCUT2D eigenvalue weighted by atomic mass is 10.2. The molecule has 0 saturated carbocycles. The molecule has 0 aliphatic rings. The first kappa shape index (κ1) is 15.3. The average Bonchev–Trinajstić information content (AvgIpc) is 2.54. The molecule has 0 atom stereocenters. The minimum Gasteiger partial charge on any atom is -0.493 e. The van der Waals surface area contributed by atoms with Crippen LogP contribution in [0.4, 0.5) is 5.82 Å². The fraction of sp³-hybridized carbons (Fsp3) is 0.467. The molecule has 2 rings (SSSR count). The van der Waals surface area contributed by atoms with Gasteiger partial charge in [-0.25, -0.2) is 9.97 Å². The summed E-state index contributed by atoms with van der Waals surface area (Å²) in [6, 6.07) is 3.74. The van der Waals surface area contributed by atoms with Gasteiger partial charge >= 0.3 is 0 Å². The third-order valence-electron chi connectivity index (χ3n) is 3.39. The Kier molecular flexibility index (Phi) is 5.16. The maximum atomic E-state index is 9.03. The van der Waals surface area contributed by atoms with Crippen molar-refractivity contribution < 1.29 is 14.6 Å². The highest BCUT2D eigenvalue weighted by Gasteiger charge is 2.14. The molecule has 0 saturated heterocycles. The molecule has 0 unspecified atom stereocenters. The Bertz CT molecular complexity index is 604. The molecule has 0 amide bonds. The van der Waals surface area contributed by atoms with E-state index >= 15 is 0 Å². The number of benzene rings is 1. The summed E-state index contributed by atoms with van der Waals surface area (Å²) < 4.78 is 10.7. The quantitative estimate of drug-likeness (QED) is 0.840. The van der Waals surface area contributed by atoms with Crippen molar-refractivity contribution in [3.63, 3.8) is 0 Å². The van der Waals surface area contributed by atoms with Crippen LogP contribution < -0.4 is 14.4 Å². The normalized spacial score (nSPS) is 10.7. The van der Waals surface area contributed by atoms with E-state index in [0.717, 1.165) is 29.8 Å². The number of anilines is 1. The van der Waals surface area contributed by atoms with Crippen LogP contribution in [-0.2, 0) is 0 Å². The van der Waals surface area contributed by atoms with Crippen molar-refractivity contribution in [2.45, 2.75) is 13.3 Å². The van der Waals surface area contributed by atoms with Crippen molar-refractivity contribution in [3.05, 3.63) is 18.5 Å². The van der Waals surface area contributed by atoms with Crippen molar-refractivity contribution in [1.29, 1.82) is 0 Å². The Balaban J connectivity index is 2.53. The molecule has 6 nitrogen and oxygen atoms in total. The number of aromatic nitrogens is 2. The van der Waals surface area contributed by atoms with Gasteiger partial charge in [0.25, 0.3) is 0 Å². The minimum absolute atomic E-state index is 0.163. The largest absolute Gasteiger partial charge is 0.493 e. The SMILES string of the molecule is CCN(CCCO)c1ncnc2cc(OC)c(OC)cc12. The monoisotopic (exact) mass is 291 g/mol. The molecule has 0 spiro atoms. The summed E-state index contributed by atoms with van der Waals surface area (Å²) in [4.78, 5) is 10.8. The lowest BCUT2D eigenvalue weighted by Gasteiger charge is -2.23. The summed E-state index contributed by atoms with van der Waals surface area (Å²) in [5, 5.41) is 9.94. The number of nitrogens with zero attached hydrogens (tertiary/aromatic N) is 3. The number of aliphatic hydroxyl groups is 1. The Morgan fingerprint density at radius 1 is 1.14 bits per heavy atom. The van der Waals surface area contributed by atoms with E-state index in [1.165, 1.54) is 0 Å². The molecule has 0 aliphatic carbocycles. The van der Waals surface area contributed by atoms with Gasteiger partial charge in [0.1, 0.15) is 12.1 Å². The Morgan fingerprint density at radius 3 is 2.48 bits per heavy atom. The van der Waals surface area contributed by atoms with Crippen molar-refractivity contribution in [2.24, 2.45) is 0 Å². The third-order valence-corrected chi connectivity index (χ3v) is 3.39. The van der Waals surface area contributed by atoms with Gasteiger partial charge in [-0.05, 0) is 19.4 Å². The first-order valence-corrected chi connectivity index (χ1v) is 6.97. The van der Waals surface area contributed by atoms with E-state index in [9.17, 15) is 0 Å². The standard InChI is InChI=1S/C15H21N3O3/c1-4-18(6-5-7-19)15-11-8-13(20-2)14(21-3)9-12(11)16-10-17-15/h8-10,19H,4-7H2,1-3H3. The molecule has 1 aromatic heterocycles. The maximum Gasteiger partial charge on any atom is 0.162 e. The zero-order valence-corrected chi connectivity index (χ0v) is 12.7. The molecule has 1 N–H and O–H groups in total. The van der Waals surface area contributed by atoms with Gasteiger partial charge in [0, 0.05) is 31.1 Å². The van der Waals surface area contributed by atoms with Gasteiger partial charge in [0.15, 0.2) is 11.5 Å². The number of methoxy groups -OCH3 is 2. The van der Waals surface area contributed by atoms with E-state index < -0.39 is 0 Å². The summed E-state index contributed by atoms with van der Waals surface area (Å²) in [5.41, 5.74) is 0.806. The first-order chi connectivity index (χ1) is 10.2. The Morgan fingerprint density at radius 2 is 1.86 bits per heavy atom. The fourth-order valence-corrected chi connectivity index (χ4v) is 2.30. The van der Waals surface area contributed by atoms with Gasteiger partial charge in [0.05, 0.1) is 19.7 Å². The van der Waals surface area contributed by atoms with Crippen LogP contribution in [0.3, 0.4) is 0 Å². The van der Waals surface area contributed by atoms with Crippen LogP contribution in [0.15, 0.2) is 18.5 Å². The van der Waals surface area contributed by atoms with E-state index in [4.69, 9.17) is 14.6 Å². The predicted octanol–water partition coefficient (Wildman–Crippen LogP) is 1.86. The lowest BCUT2D eigenvalue weighted by molar-refractivity contribution is 0.289. The fourth-order valence-electron chi connectivity index (χ4n) is 2.30. The van der Waals surface area contributed by atoms with Gasteiger partial charge in [-0.1, -0.05) is 0 Å². The van der Waals surface area contributed by atoms with Gasteiger partial charge in [-0.2, -0.15) is 0 Å². The van der Waals surface area contributed by atoms with Crippen LogP contribution in [0.5, 0.6) is 11.5 Å². The molecule has 1 aromatic carbocycles. The van der Waals surface area contributed by atoms with Gasteiger partial charge in [0.2, 0.25) is 0 Å². The van der Waals surface area contributed by atoms with Crippen LogP contribution in [0, 0.1) is 0 Å². The summed E-state index contributed by atoms with van der Waals surface area (Å²) in [6.07, 6.45) is 2.25. The van der Waals surface area contributed by atoms with Crippen LogP contribution in [-0.4, -0.2) is 49.0 Å². The highest BCUT2D eigenvalue weighted by atomic mass is 16.5. The number of hydrogen-bond donors (Lipinski definition) is 1. The zero-order valence-electron chi connectivity index (χ0n) is 12.7. The first-order valence-electron chi connectivity index (χ1n) is 6.97. The highest BCUT2D eigenvalue weighted by Crippen LogP contribution is 2.34. The second-order valence-electron chi connectivity index (χ2n) is 4.58. The molecule has 21 heavy (non-hydrogen) atoms. The molecule has 0 radical (unpaired) electrons. The van der Waals surface area contributed by atoms with Gasteiger partial charge in [-0.3, -0.25) is 0 Å². The number of rotatable bonds is 7. The summed E-state index contributed by atoms with van der Waals surface area (Å²) in [7, 11) is 3.21. The maximum absolute atomic E-state index is 9.03. The summed E-state index contributed by atoms with van der Waals surface area (Å²) in [5.74, 6) is 2.14.